The van der Waals surface area contributed by atoms with Crippen LogP contribution >= 0.6 is 0 Å². The van der Waals surface area contributed by atoms with E-state index in [9.17, 15) is 8.42 Å². The van der Waals surface area contributed by atoms with Gasteiger partial charge >= 0.3 is 0 Å². The molecular formula is C15H19NO5S. The van der Waals surface area contributed by atoms with Crippen LogP contribution in [0.3, 0.4) is 0 Å². The van der Waals surface area contributed by atoms with Crippen molar-refractivity contribution in [3.8, 4) is 11.5 Å². The Morgan fingerprint density at radius 3 is 2.36 bits per heavy atom. The molecule has 2 fully saturated rings. The summed E-state index contributed by atoms with van der Waals surface area (Å²) in [6.45, 7) is 1.40. The molecule has 0 N–H and O–H groups in total. The highest BCUT2D eigenvalue weighted by Gasteiger charge is 2.43. The Hall–Kier alpha value is -1.31. The van der Waals surface area contributed by atoms with Crippen LogP contribution in [0.25, 0.3) is 0 Å². The SMILES string of the molecule is O=S(=O)(c1ccc2c(c1)OCO2)N(C1CCOCC1)C1CC1. The van der Waals surface area contributed by atoms with Crippen molar-refractivity contribution in [2.45, 2.75) is 42.7 Å². The molecule has 1 aromatic rings. The molecule has 0 aromatic heterocycles. The molecule has 7 heteroatoms. The summed E-state index contributed by atoms with van der Waals surface area (Å²) in [6.07, 6.45) is 3.42. The maximum Gasteiger partial charge on any atom is 0.243 e. The van der Waals surface area contributed by atoms with Crippen molar-refractivity contribution in [1.82, 2.24) is 4.31 Å². The molecule has 2 aliphatic heterocycles. The monoisotopic (exact) mass is 325 g/mol. The van der Waals surface area contributed by atoms with Crippen LogP contribution in [0.4, 0.5) is 0 Å². The Balaban J connectivity index is 1.68. The fourth-order valence-corrected chi connectivity index (χ4v) is 5.06. The van der Waals surface area contributed by atoms with Gasteiger partial charge in [-0.15, -0.1) is 0 Å². The lowest BCUT2D eigenvalue weighted by molar-refractivity contribution is 0.0569. The van der Waals surface area contributed by atoms with E-state index in [1.807, 2.05) is 0 Å². The smallest absolute Gasteiger partial charge is 0.243 e. The van der Waals surface area contributed by atoms with Gasteiger partial charge in [-0.3, -0.25) is 0 Å². The first-order valence-electron chi connectivity index (χ1n) is 7.67. The van der Waals surface area contributed by atoms with E-state index in [-0.39, 0.29) is 23.8 Å². The van der Waals surface area contributed by atoms with Crippen molar-refractivity contribution in [3.05, 3.63) is 18.2 Å². The van der Waals surface area contributed by atoms with Crippen LogP contribution < -0.4 is 9.47 Å². The molecule has 120 valence electrons. The van der Waals surface area contributed by atoms with E-state index in [0.717, 1.165) is 25.7 Å². The number of fused-ring (bicyclic) bond motifs is 1. The van der Waals surface area contributed by atoms with Gasteiger partial charge in [0.25, 0.3) is 0 Å². The summed E-state index contributed by atoms with van der Waals surface area (Å²) in [5.41, 5.74) is 0. The second-order valence-corrected chi connectivity index (χ2v) is 7.77. The van der Waals surface area contributed by atoms with Gasteiger partial charge in [0.05, 0.1) is 4.90 Å². The standard InChI is InChI=1S/C15H19NO5S/c17-22(18,13-3-4-14-15(9-13)21-10-20-14)16(11-1-2-11)12-5-7-19-8-6-12/h3-4,9,11-12H,1-2,5-8,10H2. The zero-order valence-electron chi connectivity index (χ0n) is 12.2. The minimum absolute atomic E-state index is 0.0386. The average molecular weight is 325 g/mol. The summed E-state index contributed by atoms with van der Waals surface area (Å²) in [4.78, 5) is 0.287. The lowest BCUT2D eigenvalue weighted by Gasteiger charge is -2.33. The lowest BCUT2D eigenvalue weighted by atomic mass is 10.1. The number of ether oxygens (including phenoxy) is 3. The fourth-order valence-electron chi connectivity index (χ4n) is 3.12. The van der Waals surface area contributed by atoms with Crippen LogP contribution in [-0.4, -0.2) is 44.8 Å². The molecule has 2 heterocycles. The van der Waals surface area contributed by atoms with E-state index < -0.39 is 10.0 Å². The molecule has 0 amide bonds. The summed E-state index contributed by atoms with van der Waals surface area (Å²) in [6, 6.07) is 5.03. The van der Waals surface area contributed by atoms with Gasteiger partial charge in [-0.1, -0.05) is 0 Å². The second kappa shape index (κ2) is 5.40. The van der Waals surface area contributed by atoms with Crippen molar-refractivity contribution in [1.29, 1.82) is 0 Å². The van der Waals surface area contributed by atoms with E-state index in [1.54, 1.807) is 22.5 Å². The van der Waals surface area contributed by atoms with E-state index in [2.05, 4.69) is 0 Å². The second-order valence-electron chi connectivity index (χ2n) is 5.92. The zero-order valence-corrected chi connectivity index (χ0v) is 13.0. The fraction of sp³-hybridized carbons (Fsp3) is 0.600. The summed E-state index contributed by atoms with van der Waals surface area (Å²) in [5, 5.41) is 0. The van der Waals surface area contributed by atoms with Gasteiger partial charge in [-0.2, -0.15) is 4.31 Å². The third kappa shape index (κ3) is 2.47. The minimum atomic E-state index is -3.52. The van der Waals surface area contributed by atoms with Crippen molar-refractivity contribution >= 4 is 10.0 Å². The highest BCUT2D eigenvalue weighted by Crippen LogP contribution is 2.39. The van der Waals surface area contributed by atoms with Crippen LogP contribution in [0.5, 0.6) is 11.5 Å². The Morgan fingerprint density at radius 1 is 0.955 bits per heavy atom. The van der Waals surface area contributed by atoms with Crippen molar-refractivity contribution in [2.24, 2.45) is 0 Å². The van der Waals surface area contributed by atoms with Gasteiger partial charge in [0.2, 0.25) is 16.8 Å². The molecule has 1 aromatic carbocycles. The molecule has 0 radical (unpaired) electrons. The first-order valence-corrected chi connectivity index (χ1v) is 9.11. The third-order valence-corrected chi connectivity index (χ3v) is 6.38. The maximum atomic E-state index is 13.1. The predicted octanol–water partition coefficient (Wildman–Crippen LogP) is 1.75. The zero-order chi connectivity index (χ0) is 15.2. The normalized spacial score (nSPS) is 22.2. The number of hydrogen-bond donors (Lipinski definition) is 0. The largest absolute Gasteiger partial charge is 0.454 e. The molecule has 1 saturated heterocycles. The summed E-state index contributed by atoms with van der Waals surface area (Å²) >= 11 is 0. The van der Waals surface area contributed by atoms with Crippen molar-refractivity contribution < 1.29 is 22.6 Å². The van der Waals surface area contributed by atoms with E-state index in [4.69, 9.17) is 14.2 Å². The Kier molecular flexibility index (Phi) is 3.51. The topological polar surface area (TPSA) is 65.1 Å². The summed E-state index contributed by atoms with van der Waals surface area (Å²) in [7, 11) is -3.52. The van der Waals surface area contributed by atoms with Gasteiger partial charge < -0.3 is 14.2 Å². The number of hydrogen-bond acceptors (Lipinski definition) is 5. The van der Waals surface area contributed by atoms with Gasteiger partial charge in [0.1, 0.15) is 0 Å². The molecule has 0 bridgehead atoms. The van der Waals surface area contributed by atoms with Gasteiger partial charge in [-0.05, 0) is 37.8 Å². The van der Waals surface area contributed by atoms with Gasteiger partial charge in [0.15, 0.2) is 11.5 Å². The van der Waals surface area contributed by atoms with E-state index >= 15 is 0 Å². The molecule has 1 aliphatic carbocycles. The average Bonchev–Trinajstić information content (AvgIpc) is 3.23. The molecule has 4 rings (SSSR count). The highest BCUT2D eigenvalue weighted by atomic mass is 32.2. The molecule has 1 saturated carbocycles. The Labute approximate surface area is 130 Å². The lowest BCUT2D eigenvalue weighted by Crippen LogP contribution is -2.44. The summed E-state index contributed by atoms with van der Waals surface area (Å²) < 4.78 is 43.9. The van der Waals surface area contributed by atoms with Crippen LogP contribution in [0.15, 0.2) is 23.1 Å². The maximum absolute atomic E-state index is 13.1. The van der Waals surface area contributed by atoms with Crippen LogP contribution in [-0.2, 0) is 14.8 Å². The Bertz CT molecular complexity index is 665. The van der Waals surface area contributed by atoms with Crippen molar-refractivity contribution in [3.63, 3.8) is 0 Å². The molecule has 3 aliphatic rings. The molecule has 0 atom stereocenters. The third-order valence-electron chi connectivity index (χ3n) is 4.38. The van der Waals surface area contributed by atoms with E-state index in [1.165, 1.54) is 0 Å². The van der Waals surface area contributed by atoms with Crippen LogP contribution in [0.1, 0.15) is 25.7 Å². The number of nitrogens with zero attached hydrogens (tertiary/aromatic N) is 1. The van der Waals surface area contributed by atoms with Crippen LogP contribution in [0.2, 0.25) is 0 Å². The van der Waals surface area contributed by atoms with Crippen molar-refractivity contribution in [2.75, 3.05) is 20.0 Å². The Morgan fingerprint density at radius 2 is 1.64 bits per heavy atom. The molecule has 6 nitrogen and oxygen atoms in total. The minimum Gasteiger partial charge on any atom is -0.454 e. The molecule has 22 heavy (non-hydrogen) atoms. The van der Waals surface area contributed by atoms with Gasteiger partial charge in [0, 0.05) is 31.4 Å². The van der Waals surface area contributed by atoms with Gasteiger partial charge in [-0.25, -0.2) is 8.42 Å². The predicted molar refractivity (Wildman–Crippen MR) is 78.5 cm³/mol. The first kappa shape index (κ1) is 14.3. The molecular weight excluding hydrogens is 306 g/mol. The number of rotatable bonds is 4. The number of sulfonamides is 1. The molecule has 0 spiro atoms. The van der Waals surface area contributed by atoms with E-state index in [0.29, 0.717) is 24.7 Å². The highest BCUT2D eigenvalue weighted by molar-refractivity contribution is 7.89. The first-order chi connectivity index (χ1) is 10.7. The number of benzene rings is 1. The summed E-state index contributed by atoms with van der Waals surface area (Å²) in [5.74, 6) is 1.10. The quantitative estimate of drug-likeness (QED) is 0.844. The molecule has 0 unspecified atom stereocenters. The van der Waals surface area contributed by atoms with Crippen LogP contribution in [0, 0.1) is 0 Å².